The monoisotopic (exact) mass is 405 g/mol. The molecule has 0 saturated heterocycles. The van der Waals surface area contributed by atoms with Crippen molar-refractivity contribution in [1.29, 1.82) is 0 Å². The van der Waals surface area contributed by atoms with Crippen LogP contribution in [0.4, 0.5) is 4.39 Å². The minimum absolute atomic E-state index is 0.221. The summed E-state index contributed by atoms with van der Waals surface area (Å²) in [5.41, 5.74) is 2.36. The van der Waals surface area contributed by atoms with Crippen LogP contribution in [0.3, 0.4) is 0 Å². The Kier molecular flexibility index (Phi) is 4.95. The standard InChI is InChI=1S/C23H20FN3O3/c1-14-23(17-6-4-5-7-20(17)26(14)2)21(28)13-27-22(29)11-10-19(25-27)16-9-8-15(30-3)12-18(16)24/h4-12H,13H2,1-3H3. The Hall–Kier alpha value is -3.74. The fraction of sp³-hybridized carbons (Fsp3) is 0.174. The first-order chi connectivity index (χ1) is 14.4. The van der Waals surface area contributed by atoms with E-state index in [2.05, 4.69) is 5.10 Å². The van der Waals surface area contributed by atoms with Crippen LogP contribution in [0.25, 0.3) is 22.2 Å². The zero-order valence-corrected chi connectivity index (χ0v) is 16.8. The topological polar surface area (TPSA) is 66.1 Å². The molecule has 30 heavy (non-hydrogen) atoms. The molecule has 0 saturated carbocycles. The van der Waals surface area contributed by atoms with Gasteiger partial charge in [0.15, 0.2) is 5.78 Å². The Balaban J connectivity index is 1.73. The number of fused-ring (bicyclic) bond motifs is 1. The van der Waals surface area contributed by atoms with E-state index in [1.54, 1.807) is 6.07 Å². The van der Waals surface area contributed by atoms with Crippen molar-refractivity contribution in [3.63, 3.8) is 0 Å². The van der Waals surface area contributed by atoms with Crippen LogP contribution in [0.15, 0.2) is 59.4 Å². The lowest BCUT2D eigenvalue weighted by atomic mass is 10.1. The summed E-state index contributed by atoms with van der Waals surface area (Å²) in [4.78, 5) is 25.4. The molecular weight excluding hydrogens is 385 g/mol. The molecule has 0 fully saturated rings. The van der Waals surface area contributed by atoms with Gasteiger partial charge in [0.25, 0.3) is 5.56 Å². The van der Waals surface area contributed by atoms with Gasteiger partial charge in [-0.25, -0.2) is 9.07 Å². The van der Waals surface area contributed by atoms with Crippen LogP contribution in [0.2, 0.25) is 0 Å². The van der Waals surface area contributed by atoms with Crippen molar-refractivity contribution >= 4 is 16.7 Å². The quantitative estimate of drug-likeness (QED) is 0.475. The second-order valence-electron chi connectivity index (χ2n) is 7.02. The van der Waals surface area contributed by atoms with Crippen LogP contribution in [0.1, 0.15) is 16.1 Å². The summed E-state index contributed by atoms with van der Waals surface area (Å²) in [6.45, 7) is 1.63. The van der Waals surface area contributed by atoms with Crippen molar-refractivity contribution in [1.82, 2.24) is 14.3 Å². The number of ether oxygens (including phenoxy) is 1. The van der Waals surface area contributed by atoms with Gasteiger partial charge in [0.2, 0.25) is 0 Å². The van der Waals surface area contributed by atoms with Crippen LogP contribution in [-0.4, -0.2) is 27.2 Å². The smallest absolute Gasteiger partial charge is 0.267 e. The van der Waals surface area contributed by atoms with Gasteiger partial charge >= 0.3 is 0 Å². The zero-order chi connectivity index (χ0) is 21.4. The third-order valence-corrected chi connectivity index (χ3v) is 5.29. The van der Waals surface area contributed by atoms with Gasteiger partial charge in [0, 0.05) is 46.9 Å². The van der Waals surface area contributed by atoms with E-state index in [9.17, 15) is 14.0 Å². The Labute approximate surface area is 172 Å². The van der Waals surface area contributed by atoms with Gasteiger partial charge in [-0.05, 0) is 31.2 Å². The highest BCUT2D eigenvalue weighted by Gasteiger charge is 2.20. The normalized spacial score (nSPS) is 11.1. The number of carbonyl (C=O) groups is 1. The van der Waals surface area contributed by atoms with Crippen molar-refractivity contribution in [2.24, 2.45) is 7.05 Å². The number of methoxy groups -OCH3 is 1. The predicted molar refractivity (Wildman–Crippen MR) is 112 cm³/mol. The number of carbonyl (C=O) groups excluding carboxylic acids is 1. The Bertz CT molecular complexity index is 1340. The fourth-order valence-corrected chi connectivity index (χ4v) is 3.62. The van der Waals surface area contributed by atoms with Crippen molar-refractivity contribution in [3.05, 3.63) is 82.0 Å². The molecule has 6 nitrogen and oxygen atoms in total. The number of aromatic nitrogens is 3. The summed E-state index contributed by atoms with van der Waals surface area (Å²) in [5.74, 6) is -0.374. The van der Waals surface area contributed by atoms with Crippen molar-refractivity contribution in [2.75, 3.05) is 7.11 Å². The molecule has 4 aromatic rings. The van der Waals surface area contributed by atoms with Crippen LogP contribution in [0, 0.1) is 12.7 Å². The average molecular weight is 405 g/mol. The number of benzene rings is 2. The first-order valence-electron chi connectivity index (χ1n) is 9.40. The number of aryl methyl sites for hydroxylation is 1. The van der Waals surface area contributed by atoms with E-state index < -0.39 is 11.4 Å². The molecule has 0 spiro atoms. The number of halogens is 1. The molecule has 0 radical (unpaired) electrons. The summed E-state index contributed by atoms with van der Waals surface area (Å²) in [5, 5.41) is 5.06. The molecule has 7 heteroatoms. The number of nitrogens with zero attached hydrogens (tertiary/aromatic N) is 3. The number of hydrogen-bond acceptors (Lipinski definition) is 4. The molecule has 0 aliphatic carbocycles. The SMILES string of the molecule is COc1ccc(-c2ccc(=O)n(CC(=O)c3c(C)n(C)c4ccccc34)n2)c(F)c1. The largest absolute Gasteiger partial charge is 0.497 e. The highest BCUT2D eigenvalue weighted by atomic mass is 19.1. The third-order valence-electron chi connectivity index (χ3n) is 5.29. The van der Waals surface area contributed by atoms with Gasteiger partial charge in [-0.2, -0.15) is 5.10 Å². The molecule has 2 heterocycles. The molecule has 0 amide bonds. The van der Waals surface area contributed by atoms with Crippen LogP contribution in [-0.2, 0) is 13.6 Å². The molecule has 0 N–H and O–H groups in total. The number of para-hydroxylation sites is 1. The summed E-state index contributed by atoms with van der Waals surface area (Å²) in [6.07, 6.45) is 0. The van der Waals surface area contributed by atoms with Gasteiger partial charge in [-0.15, -0.1) is 0 Å². The van der Waals surface area contributed by atoms with Gasteiger partial charge in [0.1, 0.15) is 18.1 Å². The summed E-state index contributed by atoms with van der Waals surface area (Å²) >= 11 is 0. The molecule has 0 aliphatic rings. The highest BCUT2D eigenvalue weighted by molar-refractivity contribution is 6.09. The minimum Gasteiger partial charge on any atom is -0.497 e. The summed E-state index contributed by atoms with van der Waals surface area (Å²) in [7, 11) is 3.35. The van der Waals surface area contributed by atoms with E-state index >= 15 is 0 Å². The van der Waals surface area contributed by atoms with Crippen LogP contribution >= 0.6 is 0 Å². The van der Waals surface area contributed by atoms with Gasteiger partial charge in [0.05, 0.1) is 12.8 Å². The molecule has 0 atom stereocenters. The maximum Gasteiger partial charge on any atom is 0.267 e. The van der Waals surface area contributed by atoms with Crippen LogP contribution in [0.5, 0.6) is 5.75 Å². The maximum atomic E-state index is 14.4. The molecule has 4 rings (SSSR count). The maximum absolute atomic E-state index is 14.4. The van der Waals surface area contributed by atoms with E-state index in [-0.39, 0.29) is 23.6 Å². The van der Waals surface area contributed by atoms with Crippen molar-refractivity contribution in [2.45, 2.75) is 13.5 Å². The van der Waals surface area contributed by atoms with Crippen molar-refractivity contribution < 1.29 is 13.9 Å². The first-order valence-corrected chi connectivity index (χ1v) is 9.40. The second kappa shape index (κ2) is 7.59. The summed E-state index contributed by atoms with van der Waals surface area (Å²) < 4.78 is 22.5. The number of Topliss-reactive ketones (excluding diaryl/α,β-unsaturated/α-hetero) is 1. The van der Waals surface area contributed by atoms with E-state index in [1.807, 2.05) is 42.8 Å². The molecule has 152 valence electrons. The summed E-state index contributed by atoms with van der Waals surface area (Å²) in [6, 6.07) is 14.7. The lowest BCUT2D eigenvalue weighted by molar-refractivity contribution is 0.0966. The van der Waals surface area contributed by atoms with Gasteiger partial charge in [-0.3, -0.25) is 9.59 Å². The first kappa shape index (κ1) is 19.6. The molecule has 0 bridgehead atoms. The Morgan fingerprint density at radius 3 is 2.63 bits per heavy atom. The average Bonchev–Trinajstić information content (AvgIpc) is 3.00. The Morgan fingerprint density at radius 2 is 1.90 bits per heavy atom. The zero-order valence-electron chi connectivity index (χ0n) is 16.8. The highest BCUT2D eigenvalue weighted by Crippen LogP contribution is 2.26. The minimum atomic E-state index is -0.525. The van der Waals surface area contributed by atoms with Gasteiger partial charge in [-0.1, -0.05) is 18.2 Å². The van der Waals surface area contributed by atoms with Crippen molar-refractivity contribution in [3.8, 4) is 17.0 Å². The second-order valence-corrected chi connectivity index (χ2v) is 7.02. The molecule has 2 aromatic heterocycles. The van der Waals surface area contributed by atoms with Crippen LogP contribution < -0.4 is 10.3 Å². The van der Waals surface area contributed by atoms with E-state index in [1.165, 1.54) is 31.4 Å². The number of ketones is 1. The van der Waals surface area contributed by atoms with E-state index in [0.717, 1.165) is 21.3 Å². The molecular formula is C23H20FN3O3. The van der Waals surface area contributed by atoms with Gasteiger partial charge < -0.3 is 9.30 Å². The fourth-order valence-electron chi connectivity index (χ4n) is 3.62. The Morgan fingerprint density at radius 1 is 1.13 bits per heavy atom. The van der Waals surface area contributed by atoms with E-state index in [0.29, 0.717) is 11.3 Å². The third kappa shape index (κ3) is 3.28. The number of rotatable bonds is 5. The lowest BCUT2D eigenvalue weighted by Gasteiger charge is -2.09. The molecule has 2 aromatic carbocycles. The molecule has 0 aliphatic heterocycles. The van der Waals surface area contributed by atoms with E-state index in [4.69, 9.17) is 4.74 Å². The molecule has 0 unspecified atom stereocenters. The lowest BCUT2D eigenvalue weighted by Crippen LogP contribution is -2.26. The number of hydrogen-bond donors (Lipinski definition) is 0. The predicted octanol–water partition coefficient (Wildman–Crippen LogP) is 3.74.